The van der Waals surface area contributed by atoms with Crippen molar-refractivity contribution in [2.75, 3.05) is 5.32 Å². The minimum absolute atomic E-state index is 0.0360. The fraction of sp³-hybridized carbons (Fsp3) is 0. The Bertz CT molecular complexity index is 884. The highest BCUT2D eigenvalue weighted by Gasteiger charge is 2.15. The van der Waals surface area contributed by atoms with Gasteiger partial charge in [-0.05, 0) is 12.1 Å². The third kappa shape index (κ3) is 3.27. The first-order chi connectivity index (χ1) is 11.0. The molecule has 2 aromatic heterocycles. The molecule has 0 saturated carbocycles. The quantitative estimate of drug-likeness (QED) is 0.783. The van der Waals surface area contributed by atoms with E-state index >= 15 is 0 Å². The van der Waals surface area contributed by atoms with E-state index in [-0.39, 0.29) is 27.4 Å². The number of nitrogens with one attached hydrogen (secondary N) is 1. The van der Waals surface area contributed by atoms with Gasteiger partial charge in [0.1, 0.15) is 10.8 Å². The van der Waals surface area contributed by atoms with Gasteiger partial charge in [-0.25, -0.2) is 14.1 Å². The number of nitrogens with zero attached hydrogens (tertiary/aromatic N) is 5. The maximum absolute atomic E-state index is 13.9. The molecule has 0 radical (unpaired) electrons. The number of amides is 1. The highest BCUT2D eigenvalue weighted by molar-refractivity contribution is 6.31. The monoisotopic (exact) mass is 352 g/mol. The van der Waals surface area contributed by atoms with Crippen LogP contribution in [0.3, 0.4) is 0 Å². The van der Waals surface area contributed by atoms with Crippen LogP contribution in [-0.2, 0) is 0 Å². The van der Waals surface area contributed by atoms with Crippen molar-refractivity contribution in [3.63, 3.8) is 0 Å². The zero-order valence-electron chi connectivity index (χ0n) is 11.2. The molecule has 1 amide bonds. The number of aromatic nitrogens is 5. The van der Waals surface area contributed by atoms with Gasteiger partial charge in [0.15, 0.2) is 17.3 Å². The molecule has 0 spiro atoms. The van der Waals surface area contributed by atoms with E-state index in [2.05, 4.69) is 25.6 Å². The van der Waals surface area contributed by atoms with Gasteiger partial charge < -0.3 is 5.32 Å². The van der Waals surface area contributed by atoms with Crippen LogP contribution in [0.25, 0.3) is 5.69 Å². The molecule has 10 heteroatoms. The van der Waals surface area contributed by atoms with Gasteiger partial charge in [0.05, 0.1) is 23.6 Å². The maximum atomic E-state index is 13.9. The van der Waals surface area contributed by atoms with E-state index in [9.17, 15) is 9.18 Å². The summed E-state index contributed by atoms with van der Waals surface area (Å²) in [6.45, 7) is 0. The Balaban J connectivity index is 1.84. The summed E-state index contributed by atoms with van der Waals surface area (Å²) in [5, 5.41) is 9.94. The van der Waals surface area contributed by atoms with Gasteiger partial charge in [-0.15, -0.1) is 5.10 Å². The SMILES string of the molecule is O=C(Nc1cncc(Cl)n1)c1cn(-c2cccc(Cl)c2F)nn1. The molecule has 0 aliphatic heterocycles. The largest absolute Gasteiger partial charge is 0.304 e. The molecule has 0 atom stereocenters. The molecule has 3 rings (SSSR count). The lowest BCUT2D eigenvalue weighted by Crippen LogP contribution is -2.13. The molecule has 116 valence electrons. The molecule has 7 nitrogen and oxygen atoms in total. The van der Waals surface area contributed by atoms with Gasteiger partial charge in [0.25, 0.3) is 5.91 Å². The van der Waals surface area contributed by atoms with Crippen LogP contribution in [0.5, 0.6) is 0 Å². The maximum Gasteiger partial charge on any atom is 0.279 e. The Morgan fingerprint density at radius 2 is 2.09 bits per heavy atom. The van der Waals surface area contributed by atoms with E-state index in [0.29, 0.717) is 0 Å². The highest BCUT2D eigenvalue weighted by Crippen LogP contribution is 2.20. The number of halogens is 3. The highest BCUT2D eigenvalue weighted by atomic mass is 35.5. The van der Waals surface area contributed by atoms with E-state index < -0.39 is 11.7 Å². The molecule has 0 bridgehead atoms. The Morgan fingerprint density at radius 3 is 2.87 bits per heavy atom. The lowest BCUT2D eigenvalue weighted by atomic mass is 10.3. The van der Waals surface area contributed by atoms with Crippen molar-refractivity contribution in [1.82, 2.24) is 25.0 Å². The summed E-state index contributed by atoms with van der Waals surface area (Å²) in [4.78, 5) is 19.7. The smallest absolute Gasteiger partial charge is 0.279 e. The first-order valence-corrected chi connectivity index (χ1v) is 6.96. The number of hydrogen-bond donors (Lipinski definition) is 1. The lowest BCUT2D eigenvalue weighted by molar-refractivity contribution is 0.102. The molecule has 0 fully saturated rings. The second kappa shape index (κ2) is 6.27. The van der Waals surface area contributed by atoms with Crippen molar-refractivity contribution in [1.29, 1.82) is 0 Å². The minimum Gasteiger partial charge on any atom is -0.304 e. The molecule has 0 saturated heterocycles. The average Bonchev–Trinajstić information content (AvgIpc) is 3.00. The summed E-state index contributed by atoms with van der Waals surface area (Å²) in [5.74, 6) is -1.09. The Morgan fingerprint density at radius 1 is 1.26 bits per heavy atom. The summed E-state index contributed by atoms with van der Waals surface area (Å²) < 4.78 is 15.0. The molecule has 1 aromatic carbocycles. The van der Waals surface area contributed by atoms with Crippen LogP contribution in [0.2, 0.25) is 10.2 Å². The Kier molecular flexibility index (Phi) is 4.18. The molecule has 0 unspecified atom stereocenters. The predicted octanol–water partition coefficient (Wildman–Crippen LogP) is 2.76. The number of hydrogen-bond acceptors (Lipinski definition) is 5. The number of benzene rings is 1. The molecule has 0 aliphatic rings. The average molecular weight is 353 g/mol. The van der Waals surface area contributed by atoms with Gasteiger partial charge in [-0.1, -0.05) is 34.5 Å². The standard InChI is InChI=1S/C13H7Cl2FN6O/c14-7-2-1-3-9(12(7)16)22-6-8(20-21-22)13(23)19-11-5-17-4-10(15)18-11/h1-6H,(H,18,19,23). The first kappa shape index (κ1) is 15.3. The molecule has 1 N–H and O–H groups in total. The third-order valence-electron chi connectivity index (χ3n) is 2.75. The van der Waals surface area contributed by atoms with E-state index in [1.807, 2.05) is 0 Å². The van der Waals surface area contributed by atoms with E-state index in [1.165, 1.54) is 30.7 Å². The van der Waals surface area contributed by atoms with Crippen LogP contribution in [0.15, 0.2) is 36.8 Å². The fourth-order valence-corrected chi connectivity index (χ4v) is 2.05. The Labute approximate surface area is 139 Å². The van der Waals surface area contributed by atoms with Crippen LogP contribution in [0.4, 0.5) is 10.2 Å². The van der Waals surface area contributed by atoms with Crippen molar-refractivity contribution in [2.24, 2.45) is 0 Å². The fourth-order valence-electron chi connectivity index (χ4n) is 1.74. The van der Waals surface area contributed by atoms with Crippen LogP contribution in [0, 0.1) is 5.82 Å². The minimum atomic E-state index is -0.660. The van der Waals surface area contributed by atoms with Gasteiger partial charge >= 0.3 is 0 Å². The third-order valence-corrected chi connectivity index (χ3v) is 3.22. The summed E-state index contributed by atoms with van der Waals surface area (Å²) in [5.41, 5.74) is 0.0396. The number of anilines is 1. The second-order valence-electron chi connectivity index (χ2n) is 4.30. The number of rotatable bonds is 3. The normalized spacial score (nSPS) is 10.6. The zero-order valence-corrected chi connectivity index (χ0v) is 12.8. The van der Waals surface area contributed by atoms with Crippen LogP contribution < -0.4 is 5.32 Å². The van der Waals surface area contributed by atoms with Crippen LogP contribution in [0.1, 0.15) is 10.5 Å². The molecular formula is C13H7Cl2FN6O. The summed E-state index contributed by atoms with van der Waals surface area (Å²) in [6, 6.07) is 4.42. The second-order valence-corrected chi connectivity index (χ2v) is 5.10. The zero-order chi connectivity index (χ0) is 16.4. The van der Waals surface area contributed by atoms with Gasteiger partial charge in [0.2, 0.25) is 0 Å². The predicted molar refractivity (Wildman–Crippen MR) is 81.3 cm³/mol. The topological polar surface area (TPSA) is 85.6 Å². The van der Waals surface area contributed by atoms with Gasteiger partial charge in [-0.3, -0.25) is 9.78 Å². The Hall–Kier alpha value is -2.58. The van der Waals surface area contributed by atoms with Crippen molar-refractivity contribution < 1.29 is 9.18 Å². The van der Waals surface area contributed by atoms with E-state index in [0.717, 1.165) is 4.68 Å². The van der Waals surface area contributed by atoms with Crippen molar-refractivity contribution in [3.05, 3.63) is 58.5 Å². The van der Waals surface area contributed by atoms with E-state index in [1.54, 1.807) is 6.07 Å². The molecule has 23 heavy (non-hydrogen) atoms. The number of carbonyl (C=O) groups is 1. The van der Waals surface area contributed by atoms with Crippen LogP contribution in [-0.4, -0.2) is 30.9 Å². The van der Waals surface area contributed by atoms with Crippen LogP contribution >= 0.6 is 23.2 Å². The number of carbonyl (C=O) groups excluding carboxylic acids is 1. The van der Waals surface area contributed by atoms with Crippen molar-refractivity contribution in [2.45, 2.75) is 0 Å². The lowest BCUT2D eigenvalue weighted by Gasteiger charge is -2.03. The van der Waals surface area contributed by atoms with Gasteiger partial charge in [-0.2, -0.15) is 0 Å². The van der Waals surface area contributed by atoms with Gasteiger partial charge in [0, 0.05) is 0 Å². The molecule has 3 aromatic rings. The van der Waals surface area contributed by atoms with E-state index in [4.69, 9.17) is 23.2 Å². The van der Waals surface area contributed by atoms with Crippen molar-refractivity contribution >= 4 is 34.9 Å². The molecule has 0 aliphatic carbocycles. The molecule has 2 heterocycles. The van der Waals surface area contributed by atoms with Crippen molar-refractivity contribution in [3.8, 4) is 5.69 Å². The summed E-state index contributed by atoms with van der Waals surface area (Å²) >= 11 is 11.4. The summed E-state index contributed by atoms with van der Waals surface area (Å²) in [6.07, 6.45) is 3.92. The first-order valence-electron chi connectivity index (χ1n) is 6.20. The molecular weight excluding hydrogens is 346 g/mol. The summed E-state index contributed by atoms with van der Waals surface area (Å²) in [7, 11) is 0.